The number of amides is 1. The molecule has 0 aliphatic heterocycles. The van der Waals surface area contributed by atoms with Crippen LogP contribution >= 0.6 is 0 Å². The molecule has 7 heteroatoms. The summed E-state index contributed by atoms with van der Waals surface area (Å²) in [6, 6.07) is 11.7. The maximum Gasteiger partial charge on any atom is 0.317 e. The summed E-state index contributed by atoms with van der Waals surface area (Å²) in [5.74, 6) is -1.66. The Hall–Kier alpha value is -2.64. The van der Waals surface area contributed by atoms with Gasteiger partial charge in [-0.15, -0.1) is 0 Å². The van der Waals surface area contributed by atoms with E-state index < -0.39 is 26.1 Å². The van der Waals surface area contributed by atoms with Crippen LogP contribution in [0.4, 0.5) is 0 Å². The molecule has 180 valence electrons. The zero-order valence-corrected chi connectivity index (χ0v) is 21.9. The molecule has 0 aromatic heterocycles. The summed E-state index contributed by atoms with van der Waals surface area (Å²) in [6.07, 6.45) is -1.05. The fourth-order valence-corrected chi connectivity index (χ4v) is 5.35. The van der Waals surface area contributed by atoms with Gasteiger partial charge in [-0.2, -0.15) is 0 Å². The van der Waals surface area contributed by atoms with Gasteiger partial charge in [0.1, 0.15) is 11.5 Å². The summed E-state index contributed by atoms with van der Waals surface area (Å²) >= 11 is 0. The number of phenolic OH excluding ortho intramolecular Hbond substituents is 1. The predicted octanol–water partition coefficient (Wildman–Crippen LogP) is 4.47. The molecule has 0 spiro atoms. The Morgan fingerprint density at radius 3 is 1.97 bits per heavy atom. The van der Waals surface area contributed by atoms with Crippen molar-refractivity contribution in [2.75, 3.05) is 0 Å². The molecule has 2 aromatic carbocycles. The fraction of sp³-hybridized carbons (Fsp3) is 0.462. The van der Waals surface area contributed by atoms with Crippen molar-refractivity contribution in [2.24, 2.45) is 5.92 Å². The Kier molecular flexibility index (Phi) is 8.49. The van der Waals surface area contributed by atoms with E-state index in [4.69, 9.17) is 4.74 Å². The van der Waals surface area contributed by atoms with Crippen molar-refractivity contribution >= 4 is 25.1 Å². The lowest BCUT2D eigenvalue weighted by atomic mass is 9.97. The molecule has 2 N–H and O–H groups in total. The lowest BCUT2D eigenvalue weighted by molar-refractivity contribution is -0.142. The second kappa shape index (κ2) is 10.5. The van der Waals surface area contributed by atoms with Crippen molar-refractivity contribution in [3.05, 3.63) is 53.6 Å². The minimum absolute atomic E-state index is 0.0413. The van der Waals surface area contributed by atoms with E-state index in [9.17, 15) is 19.8 Å². The van der Waals surface area contributed by atoms with E-state index in [1.807, 2.05) is 33.8 Å². The van der Waals surface area contributed by atoms with Gasteiger partial charge < -0.3 is 19.8 Å². The first-order chi connectivity index (χ1) is 15.3. The third-order valence-electron chi connectivity index (χ3n) is 5.65. The first-order valence-electron chi connectivity index (χ1n) is 11.4. The Morgan fingerprint density at radius 1 is 0.939 bits per heavy atom. The zero-order valence-electron chi connectivity index (χ0n) is 20.9. The van der Waals surface area contributed by atoms with Gasteiger partial charge in [0.15, 0.2) is 0 Å². The van der Waals surface area contributed by atoms with Gasteiger partial charge in [0.2, 0.25) is 0 Å². The number of aromatic hydroxyl groups is 1. The van der Waals surface area contributed by atoms with Crippen molar-refractivity contribution in [1.29, 1.82) is 0 Å². The molecule has 0 aliphatic rings. The van der Waals surface area contributed by atoms with E-state index in [1.165, 1.54) is 6.07 Å². The summed E-state index contributed by atoms with van der Waals surface area (Å²) in [6.45, 7) is 15.4. The summed E-state index contributed by atoms with van der Waals surface area (Å²) in [5, 5.41) is 21.8. The molecular weight excluding hydrogens is 434 g/mol. The van der Waals surface area contributed by atoms with Crippen LogP contribution in [0.2, 0.25) is 19.6 Å². The van der Waals surface area contributed by atoms with Crippen LogP contribution in [0.5, 0.6) is 11.5 Å². The third kappa shape index (κ3) is 6.24. The monoisotopic (exact) mass is 471 g/mol. The predicted molar refractivity (Wildman–Crippen MR) is 134 cm³/mol. The van der Waals surface area contributed by atoms with Gasteiger partial charge in [0.25, 0.3) is 5.91 Å². The summed E-state index contributed by atoms with van der Waals surface area (Å²) in [4.78, 5) is 28.4. The van der Waals surface area contributed by atoms with E-state index in [-0.39, 0.29) is 35.1 Å². The molecule has 0 bridgehead atoms. The number of aliphatic hydroxyl groups excluding tert-OH is 1. The molecule has 0 radical (unpaired) electrons. The SMILES string of the molecule is CC(C)N(C(=O)c1cc(O)cc([Si](C)(C)C)c1OC(=O)[C@@H](C)[C@@H](O)c1ccccc1)C(C)C. The van der Waals surface area contributed by atoms with Crippen LogP contribution in [0.1, 0.15) is 56.6 Å². The van der Waals surface area contributed by atoms with Crippen molar-refractivity contribution in [1.82, 2.24) is 4.90 Å². The quantitative estimate of drug-likeness (QED) is 0.337. The molecule has 0 saturated carbocycles. The first kappa shape index (κ1) is 26.6. The lowest BCUT2D eigenvalue weighted by Gasteiger charge is -2.32. The highest BCUT2D eigenvalue weighted by Crippen LogP contribution is 2.30. The van der Waals surface area contributed by atoms with Gasteiger partial charge in [-0.3, -0.25) is 9.59 Å². The molecule has 2 atom stereocenters. The molecule has 2 aromatic rings. The van der Waals surface area contributed by atoms with Gasteiger partial charge >= 0.3 is 5.97 Å². The fourth-order valence-electron chi connectivity index (χ4n) is 3.91. The topological polar surface area (TPSA) is 87.1 Å². The Morgan fingerprint density at radius 2 is 1.48 bits per heavy atom. The van der Waals surface area contributed by atoms with E-state index in [0.717, 1.165) is 0 Å². The van der Waals surface area contributed by atoms with E-state index in [1.54, 1.807) is 42.2 Å². The second-order valence-electron chi connectivity index (χ2n) is 10.1. The standard InChI is InChI=1S/C26H37NO5Si/c1-16(2)27(17(3)4)25(30)21-14-20(28)15-22(33(6,7)8)24(21)32-26(31)18(5)23(29)19-12-10-9-11-13-19/h9-18,23,28-29H,1-8H3/t18-,23+/m0/s1. The van der Waals surface area contributed by atoms with E-state index in [2.05, 4.69) is 19.6 Å². The van der Waals surface area contributed by atoms with Gasteiger partial charge in [0.05, 0.1) is 25.7 Å². The smallest absolute Gasteiger partial charge is 0.317 e. The molecule has 33 heavy (non-hydrogen) atoms. The summed E-state index contributed by atoms with van der Waals surface area (Å²) < 4.78 is 5.87. The molecule has 0 saturated heterocycles. The number of rotatable bonds is 8. The van der Waals surface area contributed by atoms with Crippen LogP contribution in [0, 0.1) is 5.92 Å². The van der Waals surface area contributed by atoms with Crippen molar-refractivity contribution in [3.63, 3.8) is 0 Å². The third-order valence-corrected chi connectivity index (χ3v) is 7.64. The van der Waals surface area contributed by atoms with Crippen LogP contribution in [0.15, 0.2) is 42.5 Å². The number of carbonyl (C=O) groups is 2. The maximum atomic E-state index is 13.6. The molecule has 6 nitrogen and oxygen atoms in total. The van der Waals surface area contributed by atoms with Crippen molar-refractivity contribution in [2.45, 2.75) is 72.4 Å². The van der Waals surface area contributed by atoms with E-state index >= 15 is 0 Å². The maximum absolute atomic E-state index is 13.6. The highest BCUT2D eigenvalue weighted by atomic mass is 28.3. The van der Waals surface area contributed by atoms with Crippen LogP contribution in [-0.2, 0) is 4.79 Å². The lowest BCUT2D eigenvalue weighted by Crippen LogP contribution is -2.44. The Bertz CT molecular complexity index is 974. The summed E-state index contributed by atoms with van der Waals surface area (Å²) in [5.41, 5.74) is 0.768. The average Bonchev–Trinajstić information content (AvgIpc) is 2.72. The van der Waals surface area contributed by atoms with Crippen LogP contribution < -0.4 is 9.92 Å². The Labute approximate surface area is 198 Å². The summed E-state index contributed by atoms with van der Waals surface area (Å²) in [7, 11) is -2.14. The highest BCUT2D eigenvalue weighted by molar-refractivity contribution is 6.89. The van der Waals surface area contributed by atoms with Crippen molar-refractivity contribution in [3.8, 4) is 11.5 Å². The number of hydrogen-bond donors (Lipinski definition) is 2. The van der Waals surface area contributed by atoms with Gasteiger partial charge in [-0.05, 0) is 57.5 Å². The number of aliphatic hydroxyl groups is 1. The van der Waals surface area contributed by atoms with Gasteiger partial charge in [-0.25, -0.2) is 0 Å². The van der Waals surface area contributed by atoms with Crippen molar-refractivity contribution < 1.29 is 24.5 Å². The molecule has 0 heterocycles. The molecule has 0 unspecified atom stereocenters. The average molecular weight is 472 g/mol. The minimum atomic E-state index is -2.14. The number of nitrogens with zero attached hydrogens (tertiary/aromatic N) is 1. The largest absolute Gasteiger partial charge is 0.508 e. The number of phenols is 1. The minimum Gasteiger partial charge on any atom is -0.508 e. The number of benzene rings is 2. The molecule has 1 amide bonds. The molecule has 0 aliphatic carbocycles. The normalized spacial score (nSPS) is 13.7. The van der Waals surface area contributed by atoms with Crippen LogP contribution in [0.25, 0.3) is 0 Å². The molecular formula is C26H37NO5Si. The first-order valence-corrected chi connectivity index (χ1v) is 14.9. The van der Waals surface area contributed by atoms with E-state index in [0.29, 0.717) is 10.8 Å². The molecule has 2 rings (SSSR count). The van der Waals surface area contributed by atoms with Crippen LogP contribution in [-0.4, -0.2) is 47.1 Å². The number of esters is 1. The zero-order chi connectivity index (χ0) is 25.1. The molecule has 0 fully saturated rings. The Balaban J connectivity index is 2.55. The van der Waals surface area contributed by atoms with Gasteiger partial charge in [-0.1, -0.05) is 50.0 Å². The number of hydrogen-bond acceptors (Lipinski definition) is 5. The highest BCUT2D eigenvalue weighted by Gasteiger charge is 2.34. The second-order valence-corrected chi connectivity index (χ2v) is 15.1. The number of carbonyl (C=O) groups excluding carboxylic acids is 2. The van der Waals surface area contributed by atoms with Gasteiger partial charge in [0, 0.05) is 12.1 Å². The number of ether oxygens (including phenoxy) is 1. The van der Waals surface area contributed by atoms with Crippen LogP contribution in [0.3, 0.4) is 0 Å².